The Morgan fingerprint density at radius 2 is 1.58 bits per heavy atom. The Balaban J connectivity index is 3.32. The molecule has 0 spiro atoms. The second kappa shape index (κ2) is 2.73. The third-order valence-corrected chi connectivity index (χ3v) is 4.18. The van der Waals surface area contributed by atoms with E-state index in [2.05, 4.69) is 49.6 Å². The number of hydrogen-bond donors (Lipinski definition) is 0. The fraction of sp³-hybridized carbons (Fsp3) is 0.667. The molecule has 0 aliphatic carbocycles. The van der Waals surface area contributed by atoms with Crippen LogP contribution in [0.3, 0.4) is 0 Å². The molecule has 12 heavy (non-hydrogen) atoms. The van der Waals surface area contributed by atoms with E-state index in [0.717, 1.165) is 0 Å². The molecule has 0 aliphatic heterocycles. The van der Waals surface area contributed by atoms with Gasteiger partial charge in [0, 0.05) is 5.69 Å². The SMILES string of the molecule is Cc1nc(C)n([Si](C)(C)C)c1C. The van der Waals surface area contributed by atoms with E-state index < -0.39 is 8.24 Å². The third-order valence-electron chi connectivity index (χ3n) is 2.18. The first-order chi connectivity index (χ1) is 5.34. The van der Waals surface area contributed by atoms with E-state index in [1.165, 1.54) is 17.2 Å². The average Bonchev–Trinajstić information content (AvgIpc) is 2.05. The molecule has 0 unspecified atom stereocenters. The monoisotopic (exact) mass is 182 g/mol. The van der Waals surface area contributed by atoms with Gasteiger partial charge in [0.1, 0.15) is 0 Å². The summed E-state index contributed by atoms with van der Waals surface area (Å²) in [6, 6.07) is 0. The fourth-order valence-corrected chi connectivity index (χ4v) is 3.96. The van der Waals surface area contributed by atoms with E-state index in [0.29, 0.717) is 0 Å². The number of rotatable bonds is 1. The molecule has 1 rings (SSSR count). The summed E-state index contributed by atoms with van der Waals surface area (Å²) in [6.07, 6.45) is 0. The molecule has 0 bridgehead atoms. The maximum atomic E-state index is 4.47. The fourth-order valence-electron chi connectivity index (χ4n) is 1.77. The van der Waals surface area contributed by atoms with Gasteiger partial charge in [-0.25, -0.2) is 4.98 Å². The Kier molecular flexibility index (Phi) is 2.16. The molecule has 0 N–H and O–H groups in total. The zero-order chi connectivity index (χ0) is 9.52. The summed E-state index contributed by atoms with van der Waals surface area (Å²) in [4.78, 5) is 4.47. The number of hydrogen-bond acceptors (Lipinski definition) is 1. The van der Waals surface area contributed by atoms with E-state index >= 15 is 0 Å². The summed E-state index contributed by atoms with van der Waals surface area (Å²) in [6.45, 7) is 13.4. The van der Waals surface area contributed by atoms with Gasteiger partial charge in [-0.3, -0.25) is 0 Å². The van der Waals surface area contributed by atoms with Crippen molar-refractivity contribution < 1.29 is 0 Å². The van der Waals surface area contributed by atoms with Gasteiger partial charge in [0.2, 0.25) is 0 Å². The molecule has 0 aliphatic rings. The van der Waals surface area contributed by atoms with Crippen molar-refractivity contribution in [3.8, 4) is 0 Å². The smallest absolute Gasteiger partial charge is 0.154 e. The maximum Gasteiger partial charge on any atom is 0.154 e. The Labute approximate surface area is 75.7 Å². The van der Waals surface area contributed by atoms with Crippen LogP contribution in [0, 0.1) is 20.8 Å². The van der Waals surface area contributed by atoms with Crippen LogP contribution in [0.2, 0.25) is 19.6 Å². The van der Waals surface area contributed by atoms with Gasteiger partial charge < -0.3 is 4.23 Å². The molecular weight excluding hydrogens is 164 g/mol. The van der Waals surface area contributed by atoms with Crippen molar-refractivity contribution in [2.24, 2.45) is 0 Å². The van der Waals surface area contributed by atoms with Crippen molar-refractivity contribution in [1.82, 2.24) is 9.22 Å². The first kappa shape index (κ1) is 9.51. The lowest BCUT2D eigenvalue weighted by Crippen LogP contribution is -2.34. The minimum Gasteiger partial charge on any atom is -0.360 e. The largest absolute Gasteiger partial charge is 0.360 e. The first-order valence-electron chi connectivity index (χ1n) is 4.37. The summed E-state index contributed by atoms with van der Waals surface area (Å²) in [5, 5.41) is 0. The molecule has 0 fully saturated rings. The van der Waals surface area contributed by atoms with Crippen LogP contribution in [-0.2, 0) is 0 Å². The Bertz CT molecular complexity index is 294. The topological polar surface area (TPSA) is 17.8 Å². The van der Waals surface area contributed by atoms with Gasteiger partial charge in [-0.15, -0.1) is 0 Å². The van der Waals surface area contributed by atoms with E-state index in [1.54, 1.807) is 0 Å². The molecule has 1 aromatic heterocycles. The second-order valence-electron chi connectivity index (χ2n) is 4.34. The molecule has 68 valence electrons. The van der Waals surface area contributed by atoms with Gasteiger partial charge in [-0.1, -0.05) is 19.6 Å². The molecule has 1 heterocycles. The maximum absolute atomic E-state index is 4.47. The van der Waals surface area contributed by atoms with Crippen molar-refractivity contribution in [2.75, 3.05) is 0 Å². The highest BCUT2D eigenvalue weighted by Crippen LogP contribution is 2.16. The van der Waals surface area contributed by atoms with E-state index in [9.17, 15) is 0 Å². The molecule has 3 heteroatoms. The van der Waals surface area contributed by atoms with Gasteiger partial charge in [-0.05, 0) is 20.8 Å². The number of imidazole rings is 1. The van der Waals surface area contributed by atoms with Crippen LogP contribution in [0.4, 0.5) is 0 Å². The Hall–Kier alpha value is -0.573. The van der Waals surface area contributed by atoms with Crippen molar-refractivity contribution in [3.05, 3.63) is 17.2 Å². The quantitative estimate of drug-likeness (QED) is 0.610. The lowest BCUT2D eigenvalue weighted by molar-refractivity contribution is 0.992. The van der Waals surface area contributed by atoms with Gasteiger partial charge in [0.05, 0.1) is 11.5 Å². The second-order valence-corrected chi connectivity index (χ2v) is 9.12. The average molecular weight is 182 g/mol. The summed E-state index contributed by atoms with van der Waals surface area (Å²) in [5.41, 5.74) is 2.52. The van der Waals surface area contributed by atoms with Crippen molar-refractivity contribution in [3.63, 3.8) is 0 Å². The lowest BCUT2D eigenvalue weighted by Gasteiger charge is -2.22. The highest BCUT2D eigenvalue weighted by Gasteiger charge is 2.21. The molecule has 2 nitrogen and oxygen atoms in total. The summed E-state index contributed by atoms with van der Waals surface area (Å²) in [5.74, 6) is 1.17. The summed E-state index contributed by atoms with van der Waals surface area (Å²) < 4.78 is 2.42. The highest BCUT2D eigenvalue weighted by molar-refractivity contribution is 6.74. The van der Waals surface area contributed by atoms with Crippen LogP contribution in [0.1, 0.15) is 17.2 Å². The van der Waals surface area contributed by atoms with Crippen molar-refractivity contribution >= 4 is 8.24 Å². The molecule has 0 radical (unpaired) electrons. The van der Waals surface area contributed by atoms with Crippen LogP contribution >= 0.6 is 0 Å². The van der Waals surface area contributed by atoms with Crippen LogP contribution in [0.5, 0.6) is 0 Å². The van der Waals surface area contributed by atoms with E-state index in [1.807, 2.05) is 0 Å². The predicted octanol–water partition coefficient (Wildman–Crippen LogP) is 2.49. The van der Waals surface area contributed by atoms with Crippen LogP contribution in [0.25, 0.3) is 0 Å². The summed E-state index contributed by atoms with van der Waals surface area (Å²) >= 11 is 0. The van der Waals surface area contributed by atoms with E-state index in [-0.39, 0.29) is 0 Å². The number of aryl methyl sites for hydroxylation is 2. The van der Waals surface area contributed by atoms with Gasteiger partial charge in [-0.2, -0.15) is 0 Å². The van der Waals surface area contributed by atoms with Crippen molar-refractivity contribution in [2.45, 2.75) is 40.4 Å². The number of aromatic nitrogens is 2. The zero-order valence-electron chi connectivity index (χ0n) is 8.89. The van der Waals surface area contributed by atoms with Gasteiger partial charge in [0.15, 0.2) is 8.24 Å². The highest BCUT2D eigenvalue weighted by atomic mass is 28.3. The standard InChI is InChI=1S/C9H18N2Si/c1-7-8(2)11(9(3)10-7)12(4,5)6/h1-6H3. The molecule has 0 atom stereocenters. The van der Waals surface area contributed by atoms with Crippen LogP contribution in [0.15, 0.2) is 0 Å². The molecule has 0 aromatic carbocycles. The molecule has 0 saturated heterocycles. The molecule has 1 aromatic rings. The van der Waals surface area contributed by atoms with Crippen LogP contribution in [-0.4, -0.2) is 17.5 Å². The third kappa shape index (κ3) is 1.46. The predicted molar refractivity (Wildman–Crippen MR) is 55.2 cm³/mol. The summed E-state index contributed by atoms with van der Waals surface area (Å²) in [7, 11) is -1.25. The Morgan fingerprint density at radius 1 is 1.08 bits per heavy atom. The Morgan fingerprint density at radius 3 is 1.75 bits per heavy atom. The minimum absolute atomic E-state index is 1.17. The van der Waals surface area contributed by atoms with Gasteiger partial charge in [0.25, 0.3) is 0 Å². The van der Waals surface area contributed by atoms with E-state index in [4.69, 9.17) is 0 Å². The first-order valence-corrected chi connectivity index (χ1v) is 7.82. The molecule has 0 saturated carbocycles. The normalized spacial score (nSPS) is 12.2. The van der Waals surface area contributed by atoms with Gasteiger partial charge >= 0.3 is 0 Å². The number of nitrogens with zero attached hydrogens (tertiary/aromatic N) is 2. The minimum atomic E-state index is -1.25. The molecule has 0 amide bonds. The zero-order valence-corrected chi connectivity index (χ0v) is 9.89. The van der Waals surface area contributed by atoms with Crippen molar-refractivity contribution in [1.29, 1.82) is 0 Å². The lowest BCUT2D eigenvalue weighted by atomic mass is 10.4. The molecular formula is C9H18N2Si. The van der Waals surface area contributed by atoms with Crippen LogP contribution < -0.4 is 0 Å².